The highest BCUT2D eigenvalue weighted by atomic mass is 35.5. The highest BCUT2D eigenvalue weighted by molar-refractivity contribution is 6.43. The second kappa shape index (κ2) is 5.79. The molecule has 0 saturated heterocycles. The van der Waals surface area contributed by atoms with Gasteiger partial charge in [0.1, 0.15) is 6.10 Å². The summed E-state index contributed by atoms with van der Waals surface area (Å²) in [5, 5.41) is 0.233. The van der Waals surface area contributed by atoms with Crippen molar-refractivity contribution >= 4 is 29.1 Å². The predicted molar refractivity (Wildman–Crippen MR) is 97.4 cm³/mol. The molecule has 0 N–H and O–H groups in total. The minimum absolute atomic E-state index is 0.0306. The number of Topliss-reactive ketones (excluding diaryl/α,β-unsaturated/α-hetero) is 1. The predicted octanol–water partition coefficient (Wildman–Crippen LogP) is 3.97. The van der Waals surface area contributed by atoms with E-state index in [0.717, 1.165) is 31.3 Å². The maximum atomic E-state index is 13.1. The minimum atomic E-state index is -0.325. The van der Waals surface area contributed by atoms with Crippen molar-refractivity contribution in [1.29, 1.82) is 0 Å². The van der Waals surface area contributed by atoms with E-state index in [2.05, 4.69) is 13.8 Å². The number of hydrogen-bond acceptors (Lipinski definition) is 4. The Morgan fingerprint density at radius 1 is 1.15 bits per heavy atom. The van der Waals surface area contributed by atoms with Crippen LogP contribution in [-0.2, 0) is 19.1 Å². The number of hydrogen-bond donors (Lipinski definition) is 0. The van der Waals surface area contributed by atoms with Gasteiger partial charge >= 0.3 is 5.97 Å². The zero-order valence-electron chi connectivity index (χ0n) is 15.5. The van der Waals surface area contributed by atoms with Gasteiger partial charge in [-0.1, -0.05) is 25.4 Å². The van der Waals surface area contributed by atoms with Crippen LogP contribution in [0.1, 0.15) is 52.9 Å². The lowest BCUT2D eigenvalue weighted by atomic mass is 9.48. The molecule has 4 nitrogen and oxygen atoms in total. The van der Waals surface area contributed by atoms with Crippen molar-refractivity contribution in [3.05, 3.63) is 22.8 Å². The van der Waals surface area contributed by atoms with E-state index in [-0.39, 0.29) is 57.3 Å². The number of halogens is 1. The number of carbonyl (C=O) groups excluding carboxylic acids is 3. The molecular formula is C21H25ClO4. The lowest BCUT2D eigenvalue weighted by Gasteiger charge is -2.55. The normalized spacial score (nSPS) is 44.5. The third kappa shape index (κ3) is 2.37. The topological polar surface area (TPSA) is 60.4 Å². The summed E-state index contributed by atoms with van der Waals surface area (Å²) < 4.78 is 5.61. The van der Waals surface area contributed by atoms with Gasteiger partial charge in [0.15, 0.2) is 11.6 Å². The van der Waals surface area contributed by atoms with Gasteiger partial charge in [-0.25, -0.2) is 0 Å². The summed E-state index contributed by atoms with van der Waals surface area (Å²) in [6.07, 6.45) is 7.18. The van der Waals surface area contributed by atoms with Crippen molar-refractivity contribution in [2.75, 3.05) is 0 Å². The fourth-order valence-corrected chi connectivity index (χ4v) is 6.48. The quantitative estimate of drug-likeness (QED) is 0.649. The summed E-state index contributed by atoms with van der Waals surface area (Å²) in [6.45, 7) is 5.74. The van der Waals surface area contributed by atoms with Crippen LogP contribution < -0.4 is 0 Å². The maximum absolute atomic E-state index is 13.1. The van der Waals surface area contributed by atoms with Crippen LogP contribution in [0.25, 0.3) is 0 Å². The van der Waals surface area contributed by atoms with Gasteiger partial charge in [0, 0.05) is 30.1 Å². The Morgan fingerprint density at radius 3 is 2.58 bits per heavy atom. The largest absolute Gasteiger partial charge is 0.462 e. The van der Waals surface area contributed by atoms with Crippen molar-refractivity contribution < 1.29 is 19.1 Å². The number of rotatable bonds is 1. The van der Waals surface area contributed by atoms with E-state index >= 15 is 0 Å². The molecule has 0 aromatic heterocycles. The highest BCUT2D eigenvalue weighted by Gasteiger charge is 2.61. The Kier molecular flexibility index (Phi) is 4.00. The van der Waals surface area contributed by atoms with Crippen molar-refractivity contribution in [2.24, 2.45) is 28.6 Å². The molecule has 26 heavy (non-hydrogen) atoms. The molecule has 0 radical (unpaired) electrons. The Labute approximate surface area is 159 Å². The van der Waals surface area contributed by atoms with E-state index in [1.807, 2.05) is 0 Å². The SMILES string of the molecule is CC(=O)O[C@H]1CC[C@H]2[C@@H]3C(=O)C=C4C=C(Cl)C(=O)C[C@]4(C)[C@H]3CC[C@]12C. The molecule has 0 unspecified atom stereocenters. The number of allylic oxidation sites excluding steroid dienone is 4. The first-order valence-corrected chi connectivity index (χ1v) is 9.88. The first-order chi connectivity index (χ1) is 12.2. The Bertz CT molecular complexity index is 766. The van der Waals surface area contributed by atoms with Crippen LogP contribution in [0.3, 0.4) is 0 Å². The Morgan fingerprint density at radius 2 is 1.88 bits per heavy atom. The molecule has 6 atom stereocenters. The van der Waals surface area contributed by atoms with E-state index in [1.165, 1.54) is 6.92 Å². The molecule has 0 aromatic rings. The average molecular weight is 377 g/mol. The lowest BCUT2D eigenvalue weighted by Crippen LogP contribution is -2.54. The molecule has 2 fully saturated rings. The van der Waals surface area contributed by atoms with Gasteiger partial charge in [0.2, 0.25) is 0 Å². The highest BCUT2D eigenvalue weighted by Crippen LogP contribution is 2.64. The third-order valence-electron chi connectivity index (χ3n) is 7.67. The molecule has 140 valence electrons. The number of fused-ring (bicyclic) bond motifs is 5. The van der Waals surface area contributed by atoms with Crippen LogP contribution in [0.4, 0.5) is 0 Å². The summed E-state index contributed by atoms with van der Waals surface area (Å²) in [5.74, 6) is 0.120. The smallest absolute Gasteiger partial charge is 0.302 e. The van der Waals surface area contributed by atoms with Crippen LogP contribution in [0, 0.1) is 28.6 Å². The van der Waals surface area contributed by atoms with E-state index < -0.39 is 0 Å². The standard InChI is InChI=1S/C21H25ClO4/c1-11(23)26-18-5-4-13-19-14(6-7-20(13,18)2)21(3)10-17(25)15(22)8-12(21)9-16(19)24/h8-9,13-14,18-19H,4-7,10H2,1-3H3/t13-,14-,18-,19-,20-,21-/m0/s1. The van der Waals surface area contributed by atoms with Gasteiger partial charge in [-0.15, -0.1) is 0 Å². The summed E-state index contributed by atoms with van der Waals surface area (Å²) >= 11 is 6.06. The van der Waals surface area contributed by atoms with Gasteiger partial charge in [-0.2, -0.15) is 0 Å². The molecule has 0 bridgehead atoms. The van der Waals surface area contributed by atoms with Crippen LogP contribution in [-0.4, -0.2) is 23.6 Å². The van der Waals surface area contributed by atoms with Gasteiger partial charge in [-0.05, 0) is 55.2 Å². The molecule has 5 heteroatoms. The molecule has 0 aliphatic heterocycles. The summed E-state index contributed by atoms with van der Waals surface area (Å²) in [4.78, 5) is 36.9. The third-order valence-corrected chi connectivity index (χ3v) is 7.99. The fourth-order valence-electron chi connectivity index (χ4n) is 6.30. The van der Waals surface area contributed by atoms with Gasteiger partial charge < -0.3 is 4.74 Å². The van der Waals surface area contributed by atoms with Crippen LogP contribution >= 0.6 is 11.6 Å². The molecule has 4 aliphatic carbocycles. The van der Waals surface area contributed by atoms with Crippen molar-refractivity contribution in [2.45, 2.75) is 59.0 Å². The van der Waals surface area contributed by atoms with Crippen molar-refractivity contribution in [3.63, 3.8) is 0 Å². The molecule has 4 rings (SSSR count). The Hall–Kier alpha value is -1.42. The molecule has 0 heterocycles. The van der Waals surface area contributed by atoms with Gasteiger partial charge in [0.05, 0.1) is 5.03 Å². The summed E-state index contributed by atoms with van der Waals surface area (Å²) in [7, 11) is 0. The summed E-state index contributed by atoms with van der Waals surface area (Å²) in [6, 6.07) is 0. The molecule has 2 saturated carbocycles. The number of esters is 1. The van der Waals surface area contributed by atoms with Gasteiger partial charge in [-0.3, -0.25) is 14.4 Å². The van der Waals surface area contributed by atoms with E-state index in [9.17, 15) is 14.4 Å². The lowest BCUT2D eigenvalue weighted by molar-refractivity contribution is -0.158. The van der Waals surface area contributed by atoms with Gasteiger partial charge in [0.25, 0.3) is 0 Å². The van der Waals surface area contributed by atoms with E-state index in [4.69, 9.17) is 16.3 Å². The molecular weight excluding hydrogens is 352 g/mol. The molecule has 4 aliphatic rings. The molecule has 0 aromatic carbocycles. The Balaban J connectivity index is 1.73. The first-order valence-electron chi connectivity index (χ1n) is 9.50. The number of ether oxygens (including phenoxy) is 1. The first kappa shape index (κ1) is 18.0. The van der Waals surface area contributed by atoms with Crippen LogP contribution in [0.15, 0.2) is 22.8 Å². The number of ketones is 2. The van der Waals surface area contributed by atoms with Crippen molar-refractivity contribution in [1.82, 2.24) is 0 Å². The van der Waals surface area contributed by atoms with Crippen LogP contribution in [0.2, 0.25) is 0 Å². The molecule has 0 amide bonds. The second-order valence-corrected chi connectivity index (χ2v) is 9.38. The van der Waals surface area contributed by atoms with E-state index in [1.54, 1.807) is 12.2 Å². The van der Waals surface area contributed by atoms with Crippen molar-refractivity contribution in [3.8, 4) is 0 Å². The maximum Gasteiger partial charge on any atom is 0.302 e. The number of carbonyl (C=O) groups is 3. The monoisotopic (exact) mass is 376 g/mol. The second-order valence-electron chi connectivity index (χ2n) is 8.97. The molecule has 0 spiro atoms. The zero-order chi connectivity index (χ0) is 18.9. The van der Waals surface area contributed by atoms with Crippen LogP contribution in [0.5, 0.6) is 0 Å². The summed E-state index contributed by atoms with van der Waals surface area (Å²) in [5.41, 5.74) is 0.428. The van der Waals surface area contributed by atoms with E-state index in [0.29, 0.717) is 6.42 Å². The average Bonchev–Trinajstić information content (AvgIpc) is 2.87. The minimum Gasteiger partial charge on any atom is -0.462 e. The fraction of sp³-hybridized carbons (Fsp3) is 0.667. The zero-order valence-corrected chi connectivity index (χ0v) is 16.3.